The Balaban J connectivity index is 1.73. The number of esters is 1. The maximum atomic E-state index is 12.6. The fraction of sp³-hybridized carbons (Fsp3) is 0.700. The molecule has 6 heteroatoms. The third-order valence-electron chi connectivity index (χ3n) is 5.21. The molecule has 0 unspecified atom stereocenters. The molecule has 26 heavy (non-hydrogen) atoms. The lowest BCUT2D eigenvalue weighted by Gasteiger charge is -2.29. The van der Waals surface area contributed by atoms with E-state index in [1.54, 1.807) is 11.3 Å². The van der Waals surface area contributed by atoms with E-state index >= 15 is 0 Å². The first-order valence-electron chi connectivity index (χ1n) is 9.81. The number of hydrogen-bond acceptors (Lipinski definition) is 5. The molecule has 1 aliphatic heterocycles. The Kier molecular flexibility index (Phi) is 6.35. The summed E-state index contributed by atoms with van der Waals surface area (Å²) in [5.74, 6) is 0.411. The van der Waals surface area contributed by atoms with Gasteiger partial charge < -0.3 is 10.1 Å². The third-order valence-corrected chi connectivity index (χ3v) is 6.42. The summed E-state index contributed by atoms with van der Waals surface area (Å²) in [4.78, 5) is 28.6. The number of thiophene rings is 1. The third kappa shape index (κ3) is 4.65. The molecular formula is C20H30N2O3S. The van der Waals surface area contributed by atoms with Crippen LogP contribution in [-0.2, 0) is 22.4 Å². The molecule has 1 aromatic rings. The average molecular weight is 379 g/mol. The number of ether oxygens (including phenoxy) is 1. The minimum absolute atomic E-state index is 0.0308. The molecule has 0 saturated carbocycles. The van der Waals surface area contributed by atoms with Crippen LogP contribution in [0.5, 0.6) is 0 Å². The van der Waals surface area contributed by atoms with Gasteiger partial charge in [-0.1, -0.05) is 6.92 Å². The zero-order chi connectivity index (χ0) is 18.7. The van der Waals surface area contributed by atoms with Crippen LogP contribution in [0.4, 0.5) is 5.00 Å². The van der Waals surface area contributed by atoms with Crippen molar-refractivity contribution in [1.82, 2.24) is 4.90 Å². The second kappa shape index (κ2) is 8.53. The number of anilines is 1. The molecule has 0 atom stereocenters. The van der Waals surface area contributed by atoms with E-state index in [1.807, 2.05) is 13.8 Å². The van der Waals surface area contributed by atoms with Crippen LogP contribution in [0.3, 0.4) is 0 Å². The Morgan fingerprint density at radius 1 is 1.23 bits per heavy atom. The van der Waals surface area contributed by atoms with E-state index in [1.165, 1.54) is 4.88 Å². The lowest BCUT2D eigenvalue weighted by Crippen LogP contribution is -2.38. The summed E-state index contributed by atoms with van der Waals surface area (Å²) in [5.41, 5.74) is 1.69. The number of fused-ring (bicyclic) bond motifs is 1. The molecule has 144 valence electrons. The Morgan fingerprint density at radius 2 is 1.92 bits per heavy atom. The van der Waals surface area contributed by atoms with E-state index in [0.29, 0.717) is 17.1 Å². The second-order valence-electron chi connectivity index (χ2n) is 7.88. The first-order valence-corrected chi connectivity index (χ1v) is 10.6. The predicted molar refractivity (Wildman–Crippen MR) is 105 cm³/mol. The van der Waals surface area contributed by atoms with Gasteiger partial charge in [-0.2, -0.15) is 0 Å². The molecule has 1 amide bonds. The Labute approximate surface area is 160 Å². The lowest BCUT2D eigenvalue weighted by molar-refractivity contribution is -0.117. The summed E-state index contributed by atoms with van der Waals surface area (Å²) in [6.07, 6.45) is 6.24. The highest BCUT2D eigenvalue weighted by atomic mass is 32.1. The highest BCUT2D eigenvalue weighted by Gasteiger charge is 2.28. The normalized spacial score (nSPS) is 18.6. The Morgan fingerprint density at radius 3 is 2.62 bits per heavy atom. The SMILES string of the molecule is CC1CCN(CC(=O)Nc2sc3c(c2C(=O)OC(C)C)CCCC3)CC1. The van der Waals surface area contributed by atoms with Crippen molar-refractivity contribution in [2.24, 2.45) is 5.92 Å². The number of nitrogens with zero attached hydrogens (tertiary/aromatic N) is 1. The largest absolute Gasteiger partial charge is 0.459 e. The van der Waals surface area contributed by atoms with Crippen LogP contribution < -0.4 is 5.32 Å². The standard InChI is InChI=1S/C20H30N2O3S/c1-13(2)25-20(24)18-15-6-4-5-7-16(15)26-19(18)21-17(23)12-22-10-8-14(3)9-11-22/h13-14H,4-12H2,1-3H3,(H,21,23). The van der Waals surface area contributed by atoms with Crippen molar-refractivity contribution in [3.05, 3.63) is 16.0 Å². The number of likely N-dealkylation sites (tertiary alicyclic amines) is 1. The summed E-state index contributed by atoms with van der Waals surface area (Å²) in [5, 5.41) is 3.70. The zero-order valence-corrected chi connectivity index (χ0v) is 16.9. The zero-order valence-electron chi connectivity index (χ0n) is 16.1. The quantitative estimate of drug-likeness (QED) is 0.791. The number of aryl methyl sites for hydroxylation is 1. The number of carbonyl (C=O) groups is 2. The van der Waals surface area contributed by atoms with Crippen LogP contribution in [-0.4, -0.2) is 42.5 Å². The average Bonchev–Trinajstić information content (AvgIpc) is 2.94. The van der Waals surface area contributed by atoms with E-state index in [0.717, 1.165) is 63.1 Å². The second-order valence-corrected chi connectivity index (χ2v) is 8.98. The molecule has 1 N–H and O–H groups in total. The number of piperidine rings is 1. The van der Waals surface area contributed by atoms with Gasteiger partial charge >= 0.3 is 5.97 Å². The Bertz CT molecular complexity index is 660. The minimum atomic E-state index is -0.304. The van der Waals surface area contributed by atoms with Crippen molar-refractivity contribution in [2.75, 3.05) is 25.0 Å². The monoisotopic (exact) mass is 378 g/mol. The number of rotatable bonds is 5. The van der Waals surface area contributed by atoms with Gasteiger partial charge in [0, 0.05) is 4.88 Å². The predicted octanol–water partition coefficient (Wildman–Crippen LogP) is 3.86. The van der Waals surface area contributed by atoms with E-state index in [2.05, 4.69) is 17.1 Å². The molecule has 0 radical (unpaired) electrons. The van der Waals surface area contributed by atoms with Gasteiger partial charge in [0.25, 0.3) is 0 Å². The van der Waals surface area contributed by atoms with Gasteiger partial charge in [-0.15, -0.1) is 11.3 Å². The van der Waals surface area contributed by atoms with Crippen molar-refractivity contribution >= 4 is 28.2 Å². The van der Waals surface area contributed by atoms with Crippen LogP contribution in [0, 0.1) is 5.92 Å². The topological polar surface area (TPSA) is 58.6 Å². The van der Waals surface area contributed by atoms with Crippen molar-refractivity contribution < 1.29 is 14.3 Å². The molecule has 0 bridgehead atoms. The summed E-state index contributed by atoms with van der Waals surface area (Å²) >= 11 is 1.56. The first kappa shape index (κ1) is 19.4. The van der Waals surface area contributed by atoms with E-state index in [9.17, 15) is 9.59 Å². The number of carbonyl (C=O) groups excluding carboxylic acids is 2. The molecule has 0 spiro atoms. The maximum Gasteiger partial charge on any atom is 0.341 e. The van der Waals surface area contributed by atoms with Gasteiger partial charge in [-0.05, 0) is 76.9 Å². The molecule has 3 rings (SSSR count). The Hall–Kier alpha value is -1.40. The summed E-state index contributed by atoms with van der Waals surface area (Å²) in [6.45, 7) is 8.31. The van der Waals surface area contributed by atoms with E-state index < -0.39 is 0 Å². The molecule has 0 aromatic carbocycles. The minimum Gasteiger partial charge on any atom is -0.459 e. The van der Waals surface area contributed by atoms with Gasteiger partial charge in [0.15, 0.2) is 0 Å². The van der Waals surface area contributed by atoms with Gasteiger partial charge in [-0.25, -0.2) is 4.79 Å². The molecule has 2 heterocycles. The number of hydrogen-bond donors (Lipinski definition) is 1. The van der Waals surface area contributed by atoms with Crippen LogP contribution in [0.2, 0.25) is 0 Å². The fourth-order valence-electron chi connectivity index (χ4n) is 3.73. The van der Waals surface area contributed by atoms with Crippen molar-refractivity contribution in [1.29, 1.82) is 0 Å². The van der Waals surface area contributed by atoms with Gasteiger partial charge in [0.2, 0.25) is 5.91 Å². The lowest BCUT2D eigenvalue weighted by atomic mass is 9.95. The van der Waals surface area contributed by atoms with Crippen molar-refractivity contribution in [3.8, 4) is 0 Å². The van der Waals surface area contributed by atoms with Crippen LogP contribution in [0.25, 0.3) is 0 Å². The molecule has 5 nitrogen and oxygen atoms in total. The molecule has 1 saturated heterocycles. The van der Waals surface area contributed by atoms with E-state index in [4.69, 9.17) is 4.74 Å². The highest BCUT2D eigenvalue weighted by Crippen LogP contribution is 2.38. The molecular weight excluding hydrogens is 348 g/mol. The van der Waals surface area contributed by atoms with Crippen LogP contribution in [0.1, 0.15) is 67.3 Å². The molecule has 1 aromatic heterocycles. The van der Waals surface area contributed by atoms with Crippen LogP contribution >= 0.6 is 11.3 Å². The smallest absolute Gasteiger partial charge is 0.341 e. The molecule has 2 aliphatic rings. The number of amides is 1. The van der Waals surface area contributed by atoms with Gasteiger partial charge in [-0.3, -0.25) is 9.69 Å². The fourth-order valence-corrected chi connectivity index (χ4v) is 5.03. The summed E-state index contributed by atoms with van der Waals surface area (Å²) < 4.78 is 5.45. The van der Waals surface area contributed by atoms with Gasteiger partial charge in [0.1, 0.15) is 5.00 Å². The highest BCUT2D eigenvalue weighted by molar-refractivity contribution is 7.17. The van der Waals surface area contributed by atoms with E-state index in [-0.39, 0.29) is 18.0 Å². The molecule has 1 aliphatic carbocycles. The number of nitrogens with one attached hydrogen (secondary N) is 1. The van der Waals surface area contributed by atoms with Crippen LogP contribution in [0.15, 0.2) is 0 Å². The summed E-state index contributed by atoms with van der Waals surface area (Å²) in [7, 11) is 0. The summed E-state index contributed by atoms with van der Waals surface area (Å²) in [6, 6.07) is 0. The van der Waals surface area contributed by atoms with Gasteiger partial charge in [0.05, 0.1) is 18.2 Å². The van der Waals surface area contributed by atoms with Crippen molar-refractivity contribution in [3.63, 3.8) is 0 Å². The van der Waals surface area contributed by atoms with Crippen molar-refractivity contribution in [2.45, 2.75) is 65.4 Å². The first-order chi connectivity index (χ1) is 12.4. The maximum absolute atomic E-state index is 12.6. The molecule has 1 fully saturated rings.